The summed E-state index contributed by atoms with van der Waals surface area (Å²) >= 11 is 0. The lowest BCUT2D eigenvalue weighted by Crippen LogP contribution is -2.35. The van der Waals surface area contributed by atoms with Gasteiger partial charge in [0.25, 0.3) is 0 Å². The summed E-state index contributed by atoms with van der Waals surface area (Å²) in [7, 11) is 0. The minimum absolute atomic E-state index is 0.0117. The second-order valence-electron chi connectivity index (χ2n) is 8.22. The summed E-state index contributed by atoms with van der Waals surface area (Å²) in [4.78, 5) is 17.0. The molecule has 5 heteroatoms. The van der Waals surface area contributed by atoms with E-state index in [0.29, 0.717) is 19.7 Å². The molecular weight excluding hydrogens is 350 g/mol. The highest BCUT2D eigenvalue weighted by Crippen LogP contribution is 2.20. The first-order valence-corrected chi connectivity index (χ1v) is 9.68. The van der Waals surface area contributed by atoms with E-state index in [2.05, 4.69) is 41.9 Å². The van der Waals surface area contributed by atoms with Crippen LogP contribution < -0.4 is 10.1 Å². The van der Waals surface area contributed by atoms with Gasteiger partial charge < -0.3 is 14.6 Å². The molecule has 0 bridgehead atoms. The van der Waals surface area contributed by atoms with Crippen LogP contribution in [0.15, 0.2) is 42.5 Å². The van der Waals surface area contributed by atoms with E-state index < -0.39 is 5.41 Å². The minimum atomic E-state index is -0.428. The number of nitrogens with zero attached hydrogens (tertiary/aromatic N) is 2. The number of rotatable bonds is 6. The van der Waals surface area contributed by atoms with Crippen molar-refractivity contribution < 1.29 is 9.53 Å². The maximum atomic E-state index is 12.3. The third-order valence-corrected chi connectivity index (χ3v) is 4.72. The van der Waals surface area contributed by atoms with Gasteiger partial charge in [-0.1, -0.05) is 50.6 Å². The monoisotopic (exact) mass is 379 g/mol. The Morgan fingerprint density at radius 1 is 1.14 bits per heavy atom. The van der Waals surface area contributed by atoms with Crippen molar-refractivity contribution in [3.63, 3.8) is 0 Å². The van der Waals surface area contributed by atoms with Crippen LogP contribution in [-0.2, 0) is 17.9 Å². The van der Waals surface area contributed by atoms with Gasteiger partial charge in [-0.05, 0) is 37.6 Å². The van der Waals surface area contributed by atoms with Crippen molar-refractivity contribution in [1.82, 2.24) is 14.9 Å². The van der Waals surface area contributed by atoms with Crippen molar-refractivity contribution in [2.75, 3.05) is 6.61 Å². The minimum Gasteiger partial charge on any atom is -0.491 e. The van der Waals surface area contributed by atoms with E-state index in [9.17, 15) is 4.79 Å². The van der Waals surface area contributed by atoms with Crippen LogP contribution in [0.2, 0.25) is 0 Å². The van der Waals surface area contributed by atoms with Crippen molar-refractivity contribution in [2.24, 2.45) is 5.41 Å². The second-order valence-corrected chi connectivity index (χ2v) is 8.22. The average Bonchev–Trinajstić information content (AvgIpc) is 2.98. The number of hydrogen-bond acceptors (Lipinski definition) is 3. The Morgan fingerprint density at radius 3 is 2.61 bits per heavy atom. The highest BCUT2D eigenvalue weighted by Gasteiger charge is 2.21. The molecule has 0 fully saturated rings. The van der Waals surface area contributed by atoms with Gasteiger partial charge in [0.1, 0.15) is 18.2 Å². The van der Waals surface area contributed by atoms with Crippen molar-refractivity contribution in [2.45, 2.75) is 47.7 Å². The molecule has 2 aromatic carbocycles. The van der Waals surface area contributed by atoms with E-state index in [0.717, 1.165) is 28.2 Å². The molecule has 148 valence electrons. The Labute approximate surface area is 166 Å². The zero-order chi connectivity index (χ0) is 20.3. The summed E-state index contributed by atoms with van der Waals surface area (Å²) in [5.41, 5.74) is 3.90. The lowest BCUT2D eigenvalue weighted by molar-refractivity contribution is -0.128. The molecule has 3 rings (SSSR count). The summed E-state index contributed by atoms with van der Waals surface area (Å²) in [6.45, 7) is 11.4. The van der Waals surface area contributed by atoms with Crippen molar-refractivity contribution in [1.29, 1.82) is 0 Å². The highest BCUT2D eigenvalue weighted by atomic mass is 16.5. The number of carbonyl (C=O) groups excluding carboxylic acids is 1. The molecule has 0 aliphatic carbocycles. The number of aryl methyl sites for hydroxylation is 2. The summed E-state index contributed by atoms with van der Waals surface area (Å²) in [5.74, 6) is 1.75. The van der Waals surface area contributed by atoms with Crippen LogP contribution in [0.3, 0.4) is 0 Å². The zero-order valence-electron chi connectivity index (χ0n) is 17.4. The number of fused-ring (bicyclic) bond motifs is 1. The molecule has 0 spiro atoms. The lowest BCUT2D eigenvalue weighted by atomic mass is 9.96. The van der Waals surface area contributed by atoms with Gasteiger partial charge in [-0.3, -0.25) is 4.79 Å². The first-order valence-electron chi connectivity index (χ1n) is 9.68. The number of nitrogens with one attached hydrogen (secondary N) is 1. The second kappa shape index (κ2) is 8.05. The number of para-hydroxylation sites is 2. The number of ether oxygens (including phenoxy) is 1. The summed E-state index contributed by atoms with van der Waals surface area (Å²) < 4.78 is 8.14. The maximum absolute atomic E-state index is 12.3. The SMILES string of the molecule is Cc1ccc(OCCn2c(CNC(=O)C(C)(C)C)nc3ccccc32)c(C)c1. The van der Waals surface area contributed by atoms with Gasteiger partial charge in [0.2, 0.25) is 5.91 Å². The highest BCUT2D eigenvalue weighted by molar-refractivity contribution is 5.81. The van der Waals surface area contributed by atoms with Crippen LogP contribution in [0.4, 0.5) is 0 Å². The van der Waals surface area contributed by atoms with Crippen molar-refractivity contribution >= 4 is 16.9 Å². The quantitative estimate of drug-likeness (QED) is 0.691. The fourth-order valence-electron chi connectivity index (χ4n) is 3.14. The molecule has 28 heavy (non-hydrogen) atoms. The molecule has 0 unspecified atom stereocenters. The molecule has 0 atom stereocenters. The van der Waals surface area contributed by atoms with Crippen LogP contribution in [0.25, 0.3) is 11.0 Å². The molecule has 1 aromatic heterocycles. The van der Waals surface area contributed by atoms with E-state index in [1.165, 1.54) is 5.56 Å². The van der Waals surface area contributed by atoms with Crippen LogP contribution >= 0.6 is 0 Å². The number of carbonyl (C=O) groups is 1. The summed E-state index contributed by atoms with van der Waals surface area (Å²) in [6.07, 6.45) is 0. The molecule has 0 saturated carbocycles. The Bertz CT molecular complexity index is 983. The molecule has 5 nitrogen and oxygen atoms in total. The Morgan fingerprint density at radius 2 is 1.89 bits per heavy atom. The van der Waals surface area contributed by atoms with Gasteiger partial charge >= 0.3 is 0 Å². The Hall–Kier alpha value is -2.82. The average molecular weight is 380 g/mol. The van der Waals surface area contributed by atoms with Crippen molar-refractivity contribution in [3.05, 3.63) is 59.4 Å². The van der Waals surface area contributed by atoms with Gasteiger partial charge in [0, 0.05) is 5.41 Å². The third-order valence-electron chi connectivity index (χ3n) is 4.72. The van der Waals surface area contributed by atoms with Crippen LogP contribution in [0.5, 0.6) is 5.75 Å². The topological polar surface area (TPSA) is 56.1 Å². The van der Waals surface area contributed by atoms with Gasteiger partial charge in [-0.2, -0.15) is 0 Å². The predicted molar refractivity (Wildman–Crippen MR) is 112 cm³/mol. The number of aromatic nitrogens is 2. The number of imidazole rings is 1. The molecule has 1 N–H and O–H groups in total. The zero-order valence-corrected chi connectivity index (χ0v) is 17.4. The number of benzene rings is 2. The van der Waals surface area contributed by atoms with E-state index in [1.807, 2.05) is 45.0 Å². The number of hydrogen-bond donors (Lipinski definition) is 1. The summed E-state index contributed by atoms with van der Waals surface area (Å²) in [6, 6.07) is 14.2. The number of amides is 1. The van der Waals surface area contributed by atoms with E-state index in [4.69, 9.17) is 9.72 Å². The van der Waals surface area contributed by atoms with E-state index in [1.54, 1.807) is 0 Å². The van der Waals surface area contributed by atoms with E-state index in [-0.39, 0.29) is 5.91 Å². The first-order chi connectivity index (χ1) is 13.3. The summed E-state index contributed by atoms with van der Waals surface area (Å²) in [5, 5.41) is 3.00. The fraction of sp³-hybridized carbons (Fsp3) is 0.391. The first kappa shape index (κ1) is 19.9. The smallest absolute Gasteiger partial charge is 0.225 e. The molecule has 0 aliphatic heterocycles. The molecule has 0 saturated heterocycles. The Balaban J connectivity index is 1.76. The fourth-order valence-corrected chi connectivity index (χ4v) is 3.14. The molecule has 3 aromatic rings. The maximum Gasteiger partial charge on any atom is 0.225 e. The predicted octanol–water partition coefficient (Wildman–Crippen LogP) is 4.39. The van der Waals surface area contributed by atoms with E-state index >= 15 is 0 Å². The van der Waals surface area contributed by atoms with Gasteiger partial charge in [-0.15, -0.1) is 0 Å². The van der Waals surface area contributed by atoms with Gasteiger partial charge in [-0.25, -0.2) is 4.98 Å². The normalized spacial score (nSPS) is 11.6. The Kier molecular flexibility index (Phi) is 5.73. The van der Waals surface area contributed by atoms with Gasteiger partial charge in [0.15, 0.2) is 0 Å². The van der Waals surface area contributed by atoms with Crippen LogP contribution in [0.1, 0.15) is 37.7 Å². The van der Waals surface area contributed by atoms with Gasteiger partial charge in [0.05, 0.1) is 24.1 Å². The lowest BCUT2D eigenvalue weighted by Gasteiger charge is -2.18. The molecule has 0 radical (unpaired) electrons. The van der Waals surface area contributed by atoms with Crippen LogP contribution in [-0.4, -0.2) is 22.1 Å². The van der Waals surface area contributed by atoms with Crippen molar-refractivity contribution in [3.8, 4) is 5.75 Å². The third kappa shape index (κ3) is 4.53. The molecule has 1 heterocycles. The largest absolute Gasteiger partial charge is 0.491 e. The van der Waals surface area contributed by atoms with Crippen LogP contribution in [0, 0.1) is 19.3 Å². The standard InChI is InChI=1S/C23H29N3O2/c1-16-10-11-20(17(2)14-16)28-13-12-26-19-9-7-6-8-18(19)25-21(26)15-24-22(27)23(3,4)5/h6-11,14H,12-13,15H2,1-5H3,(H,24,27). The molecular formula is C23H29N3O2. The molecule has 1 amide bonds. The molecule has 0 aliphatic rings.